The average Bonchev–Trinajstić information content (AvgIpc) is 3.44. The fourth-order valence-electron chi connectivity index (χ4n) is 2.81. The minimum Gasteiger partial charge on any atom is -0.444 e. The van der Waals surface area contributed by atoms with Gasteiger partial charge in [0.2, 0.25) is 11.0 Å². The molecule has 4 aromatic rings. The van der Waals surface area contributed by atoms with Gasteiger partial charge in [-0.1, -0.05) is 17.8 Å². The van der Waals surface area contributed by atoms with E-state index in [1.165, 1.54) is 30.2 Å². The molecule has 0 unspecified atom stereocenters. The first-order valence-electron chi connectivity index (χ1n) is 9.30. The van der Waals surface area contributed by atoms with Crippen LogP contribution in [0.25, 0.3) is 17.1 Å². The summed E-state index contributed by atoms with van der Waals surface area (Å²) in [4.78, 5) is 16.6. The zero-order valence-electron chi connectivity index (χ0n) is 16.4. The van der Waals surface area contributed by atoms with Crippen LogP contribution in [0.5, 0.6) is 0 Å². The quantitative estimate of drug-likeness (QED) is 0.424. The first-order chi connectivity index (χ1) is 15.1. The van der Waals surface area contributed by atoms with Crippen molar-refractivity contribution in [3.8, 4) is 17.1 Å². The van der Waals surface area contributed by atoms with Crippen LogP contribution < -0.4 is 10.6 Å². The molecule has 11 heteroatoms. The Labute approximate surface area is 181 Å². The normalized spacial score (nSPS) is 10.8. The first kappa shape index (κ1) is 20.5. The second-order valence-corrected chi connectivity index (χ2v) is 7.18. The lowest BCUT2D eigenvalue weighted by atomic mass is 10.2. The number of rotatable bonds is 7. The highest BCUT2D eigenvalue weighted by molar-refractivity contribution is 7.98. The molecule has 2 amide bonds. The second kappa shape index (κ2) is 9.39. The summed E-state index contributed by atoms with van der Waals surface area (Å²) in [5.74, 6) is 0.0856. The number of nitrogens with zero attached hydrogens (tertiary/aromatic N) is 5. The van der Waals surface area contributed by atoms with Crippen molar-refractivity contribution in [2.45, 2.75) is 11.6 Å². The van der Waals surface area contributed by atoms with Crippen LogP contribution in [-0.4, -0.2) is 44.0 Å². The largest absolute Gasteiger partial charge is 0.444 e. The number of carbonyl (C=O) groups is 1. The smallest absolute Gasteiger partial charge is 0.319 e. The van der Waals surface area contributed by atoms with Gasteiger partial charge >= 0.3 is 6.03 Å². The Kier molecular flexibility index (Phi) is 6.22. The molecule has 2 aromatic heterocycles. The molecular formula is C20H18FN7O2S. The molecular weight excluding hydrogens is 421 g/mol. The lowest BCUT2D eigenvalue weighted by Crippen LogP contribution is -2.30. The van der Waals surface area contributed by atoms with Crippen LogP contribution in [0, 0.1) is 5.82 Å². The third-order valence-electron chi connectivity index (χ3n) is 4.28. The number of anilines is 1. The summed E-state index contributed by atoms with van der Waals surface area (Å²) in [5, 5.41) is 17.8. The van der Waals surface area contributed by atoms with E-state index in [4.69, 9.17) is 4.42 Å². The Bertz CT molecular complexity index is 1180. The van der Waals surface area contributed by atoms with E-state index in [9.17, 15) is 9.18 Å². The summed E-state index contributed by atoms with van der Waals surface area (Å²) in [6.45, 7) is 0.366. The lowest BCUT2D eigenvalue weighted by Gasteiger charge is -2.09. The van der Waals surface area contributed by atoms with E-state index in [-0.39, 0.29) is 11.8 Å². The molecule has 9 nitrogen and oxygen atoms in total. The number of oxazole rings is 1. The molecule has 2 heterocycles. The van der Waals surface area contributed by atoms with Crippen molar-refractivity contribution in [3.63, 3.8) is 0 Å². The number of thioether (sulfide) groups is 1. The number of amides is 2. The Hall–Kier alpha value is -3.73. The highest BCUT2D eigenvalue weighted by Crippen LogP contribution is 2.20. The van der Waals surface area contributed by atoms with Gasteiger partial charge < -0.3 is 15.1 Å². The van der Waals surface area contributed by atoms with E-state index >= 15 is 0 Å². The molecule has 0 spiro atoms. The molecule has 0 saturated carbocycles. The third-order valence-corrected chi connectivity index (χ3v) is 4.90. The zero-order valence-corrected chi connectivity index (χ0v) is 17.3. The topological polar surface area (TPSA) is 111 Å². The van der Waals surface area contributed by atoms with Gasteiger partial charge in [-0.05, 0) is 59.1 Å². The van der Waals surface area contributed by atoms with Crippen LogP contribution in [0.3, 0.4) is 0 Å². The number of nitrogens with one attached hydrogen (secondary N) is 2. The number of hydrogen-bond donors (Lipinski definition) is 2. The molecule has 31 heavy (non-hydrogen) atoms. The van der Waals surface area contributed by atoms with Gasteiger partial charge in [-0.15, -0.1) is 5.10 Å². The number of carbonyl (C=O) groups excluding carboxylic acids is 1. The minimum atomic E-state index is -0.346. The standard InChI is InChI=1S/C20H18FN7O2S/c1-31-20-25-26-27-28(20)17-4-2-3-15(11-17)24-19(29)22-10-9-16-12-30-18(23-16)13-5-7-14(21)8-6-13/h2-8,11-12H,9-10H2,1H3,(H2,22,24,29). The summed E-state index contributed by atoms with van der Waals surface area (Å²) in [5.41, 5.74) is 2.72. The highest BCUT2D eigenvalue weighted by atomic mass is 32.2. The SMILES string of the molecule is CSc1nnnn1-c1cccc(NC(=O)NCCc2coc(-c3ccc(F)cc3)n2)c1. The van der Waals surface area contributed by atoms with Gasteiger partial charge in [0.15, 0.2) is 0 Å². The van der Waals surface area contributed by atoms with Crippen LogP contribution in [0.4, 0.5) is 14.9 Å². The molecule has 4 rings (SSSR count). The Morgan fingerprint density at radius 2 is 2.06 bits per heavy atom. The molecule has 0 aliphatic heterocycles. The zero-order chi connectivity index (χ0) is 21.6. The highest BCUT2D eigenvalue weighted by Gasteiger charge is 2.10. The van der Waals surface area contributed by atoms with Crippen LogP contribution in [0.1, 0.15) is 5.69 Å². The molecule has 0 saturated heterocycles. The Morgan fingerprint density at radius 3 is 2.87 bits per heavy atom. The second-order valence-electron chi connectivity index (χ2n) is 6.41. The lowest BCUT2D eigenvalue weighted by molar-refractivity contribution is 0.252. The number of urea groups is 1. The first-order valence-corrected chi connectivity index (χ1v) is 10.5. The molecule has 0 fully saturated rings. The van der Waals surface area contributed by atoms with Crippen molar-refractivity contribution in [2.24, 2.45) is 0 Å². The van der Waals surface area contributed by atoms with Crippen LogP contribution in [-0.2, 0) is 6.42 Å². The van der Waals surface area contributed by atoms with Gasteiger partial charge in [0.1, 0.15) is 12.1 Å². The number of tetrazole rings is 1. The molecule has 0 aliphatic rings. The van der Waals surface area contributed by atoms with Crippen LogP contribution in [0.2, 0.25) is 0 Å². The summed E-state index contributed by atoms with van der Waals surface area (Å²) < 4.78 is 20.0. The monoisotopic (exact) mass is 439 g/mol. The number of halogens is 1. The van der Waals surface area contributed by atoms with Crippen molar-refractivity contribution >= 4 is 23.5 Å². The summed E-state index contributed by atoms with van der Waals surface area (Å²) in [7, 11) is 0. The predicted octanol–water partition coefficient (Wildman–Crippen LogP) is 3.54. The minimum absolute atomic E-state index is 0.320. The third kappa shape index (κ3) is 5.07. The van der Waals surface area contributed by atoms with Crippen molar-refractivity contribution in [3.05, 3.63) is 66.3 Å². The van der Waals surface area contributed by atoms with Crippen molar-refractivity contribution in [1.82, 2.24) is 30.5 Å². The van der Waals surface area contributed by atoms with Crippen LogP contribution in [0.15, 0.2) is 64.4 Å². The molecule has 2 aromatic carbocycles. The van der Waals surface area contributed by atoms with E-state index in [0.29, 0.717) is 41.0 Å². The number of aromatic nitrogens is 5. The van der Waals surface area contributed by atoms with E-state index in [1.807, 2.05) is 18.4 Å². The molecule has 158 valence electrons. The van der Waals surface area contributed by atoms with E-state index in [0.717, 1.165) is 5.69 Å². The van der Waals surface area contributed by atoms with Gasteiger partial charge in [0, 0.05) is 24.2 Å². The van der Waals surface area contributed by atoms with Crippen molar-refractivity contribution in [2.75, 3.05) is 18.1 Å². The predicted molar refractivity (Wildman–Crippen MR) is 114 cm³/mol. The maximum absolute atomic E-state index is 13.0. The summed E-state index contributed by atoms with van der Waals surface area (Å²) >= 11 is 1.42. The molecule has 0 radical (unpaired) electrons. The average molecular weight is 439 g/mol. The maximum atomic E-state index is 13.0. The Morgan fingerprint density at radius 1 is 1.23 bits per heavy atom. The number of hydrogen-bond acceptors (Lipinski definition) is 7. The number of benzene rings is 2. The molecule has 2 N–H and O–H groups in total. The molecule has 0 bridgehead atoms. The summed E-state index contributed by atoms with van der Waals surface area (Å²) in [6.07, 6.45) is 3.90. The van der Waals surface area contributed by atoms with Crippen molar-refractivity contribution < 1.29 is 13.6 Å². The van der Waals surface area contributed by atoms with Gasteiger partial charge in [-0.25, -0.2) is 14.2 Å². The fraction of sp³-hybridized carbons (Fsp3) is 0.150. The van der Waals surface area contributed by atoms with E-state index < -0.39 is 0 Å². The van der Waals surface area contributed by atoms with Gasteiger partial charge in [0.05, 0.1) is 11.4 Å². The van der Waals surface area contributed by atoms with E-state index in [1.54, 1.807) is 28.9 Å². The fourth-order valence-corrected chi connectivity index (χ4v) is 3.24. The van der Waals surface area contributed by atoms with E-state index in [2.05, 4.69) is 31.1 Å². The van der Waals surface area contributed by atoms with Gasteiger partial charge in [-0.3, -0.25) is 0 Å². The van der Waals surface area contributed by atoms with Gasteiger partial charge in [-0.2, -0.15) is 4.68 Å². The molecule has 0 atom stereocenters. The van der Waals surface area contributed by atoms with Crippen molar-refractivity contribution in [1.29, 1.82) is 0 Å². The van der Waals surface area contributed by atoms with Gasteiger partial charge in [0.25, 0.3) is 0 Å². The summed E-state index contributed by atoms with van der Waals surface area (Å²) in [6, 6.07) is 12.8. The van der Waals surface area contributed by atoms with Crippen LogP contribution >= 0.6 is 11.8 Å². The Balaban J connectivity index is 1.30. The molecule has 0 aliphatic carbocycles. The maximum Gasteiger partial charge on any atom is 0.319 e.